The minimum absolute atomic E-state index is 0.00615. The van der Waals surface area contributed by atoms with E-state index in [1.165, 1.54) is 5.57 Å². The van der Waals surface area contributed by atoms with Crippen molar-refractivity contribution >= 4 is 5.91 Å². The van der Waals surface area contributed by atoms with Crippen LogP contribution in [-0.2, 0) is 4.79 Å². The third-order valence-electron chi connectivity index (χ3n) is 3.12. The maximum Gasteiger partial charge on any atom is 0.224 e. The van der Waals surface area contributed by atoms with Crippen LogP contribution >= 0.6 is 0 Å². The van der Waals surface area contributed by atoms with Gasteiger partial charge in [0.15, 0.2) is 0 Å². The van der Waals surface area contributed by atoms with E-state index < -0.39 is 0 Å². The molecule has 1 aliphatic carbocycles. The molecule has 0 aliphatic heterocycles. The van der Waals surface area contributed by atoms with E-state index >= 15 is 0 Å². The molecule has 0 spiro atoms. The molecule has 2 atom stereocenters. The number of carbonyl (C=O) groups excluding carboxylic acids is 1. The fourth-order valence-corrected chi connectivity index (χ4v) is 2.14. The minimum Gasteiger partial charge on any atom is -0.395 e. The third kappa shape index (κ3) is 2.59. The molecule has 0 aromatic rings. The van der Waals surface area contributed by atoms with Crippen LogP contribution in [0.5, 0.6) is 0 Å². The molecule has 0 bridgehead atoms. The summed E-state index contributed by atoms with van der Waals surface area (Å²) < 4.78 is 0. The number of allylic oxidation sites excluding steroid dienone is 2. The van der Waals surface area contributed by atoms with Gasteiger partial charge in [-0.1, -0.05) is 25.5 Å². The van der Waals surface area contributed by atoms with Crippen molar-refractivity contribution < 1.29 is 9.90 Å². The lowest BCUT2D eigenvalue weighted by Crippen LogP contribution is -2.29. The lowest BCUT2D eigenvalue weighted by atomic mass is 10.1. The van der Waals surface area contributed by atoms with Crippen LogP contribution < -0.4 is 5.32 Å². The van der Waals surface area contributed by atoms with Crippen molar-refractivity contribution in [3.05, 3.63) is 11.6 Å². The van der Waals surface area contributed by atoms with Crippen LogP contribution in [0.4, 0.5) is 0 Å². The zero-order valence-corrected chi connectivity index (χ0v) is 10.0. The monoisotopic (exact) mass is 211 g/mol. The summed E-state index contributed by atoms with van der Waals surface area (Å²) in [5.41, 5.74) is 1.32. The SMILES string of the molecule is CC(C)=CC1C(C(=O)NCCO)C1(C)C. The number of nitrogens with one attached hydrogen (secondary N) is 1. The molecule has 0 saturated heterocycles. The van der Waals surface area contributed by atoms with E-state index in [0.717, 1.165) is 0 Å². The maximum atomic E-state index is 11.7. The Balaban J connectivity index is 2.58. The van der Waals surface area contributed by atoms with Gasteiger partial charge in [-0.25, -0.2) is 0 Å². The molecular weight excluding hydrogens is 190 g/mol. The Morgan fingerprint density at radius 3 is 2.53 bits per heavy atom. The van der Waals surface area contributed by atoms with Gasteiger partial charge in [-0.3, -0.25) is 4.79 Å². The number of amides is 1. The van der Waals surface area contributed by atoms with Crippen LogP contribution in [0.3, 0.4) is 0 Å². The normalized spacial score (nSPS) is 27.0. The van der Waals surface area contributed by atoms with Gasteiger partial charge in [-0.05, 0) is 25.2 Å². The lowest BCUT2D eigenvalue weighted by molar-refractivity contribution is -0.123. The molecule has 1 aliphatic rings. The highest BCUT2D eigenvalue weighted by Crippen LogP contribution is 2.59. The molecule has 2 N–H and O–H groups in total. The maximum absolute atomic E-state index is 11.7. The summed E-state index contributed by atoms with van der Waals surface area (Å²) in [5, 5.41) is 11.4. The van der Waals surface area contributed by atoms with Gasteiger partial charge < -0.3 is 10.4 Å². The molecule has 1 fully saturated rings. The Morgan fingerprint density at radius 2 is 2.07 bits per heavy atom. The fourth-order valence-electron chi connectivity index (χ4n) is 2.14. The van der Waals surface area contributed by atoms with Gasteiger partial charge in [0.25, 0.3) is 0 Å². The molecule has 0 aromatic heterocycles. The van der Waals surface area contributed by atoms with Crippen LogP contribution in [0.25, 0.3) is 0 Å². The second kappa shape index (κ2) is 4.35. The first-order valence-corrected chi connectivity index (χ1v) is 5.45. The molecule has 86 valence electrons. The topological polar surface area (TPSA) is 49.3 Å². The number of aliphatic hydroxyl groups is 1. The van der Waals surface area contributed by atoms with E-state index in [-0.39, 0.29) is 23.8 Å². The quantitative estimate of drug-likeness (QED) is 0.689. The number of aliphatic hydroxyl groups excluding tert-OH is 1. The van der Waals surface area contributed by atoms with Crippen molar-refractivity contribution in [3.63, 3.8) is 0 Å². The lowest BCUT2D eigenvalue weighted by Gasteiger charge is -2.03. The Morgan fingerprint density at radius 1 is 1.47 bits per heavy atom. The smallest absolute Gasteiger partial charge is 0.224 e. The van der Waals surface area contributed by atoms with Gasteiger partial charge >= 0.3 is 0 Å². The van der Waals surface area contributed by atoms with Gasteiger partial charge in [0.2, 0.25) is 5.91 Å². The summed E-state index contributed by atoms with van der Waals surface area (Å²) in [7, 11) is 0. The van der Waals surface area contributed by atoms with Gasteiger partial charge in [0.1, 0.15) is 0 Å². The molecule has 2 unspecified atom stereocenters. The van der Waals surface area contributed by atoms with E-state index in [9.17, 15) is 4.79 Å². The first-order valence-electron chi connectivity index (χ1n) is 5.45. The van der Waals surface area contributed by atoms with Crippen LogP contribution in [0.15, 0.2) is 11.6 Å². The third-order valence-corrected chi connectivity index (χ3v) is 3.12. The number of hydrogen-bond acceptors (Lipinski definition) is 2. The molecule has 1 amide bonds. The summed E-state index contributed by atoms with van der Waals surface area (Å²) in [5.74, 6) is 0.483. The molecule has 0 radical (unpaired) electrons. The van der Waals surface area contributed by atoms with Crippen LogP contribution in [0.1, 0.15) is 27.7 Å². The predicted molar refractivity (Wildman–Crippen MR) is 60.3 cm³/mol. The van der Waals surface area contributed by atoms with Crippen molar-refractivity contribution in [2.75, 3.05) is 13.2 Å². The summed E-state index contributed by atoms with van der Waals surface area (Å²) >= 11 is 0. The van der Waals surface area contributed by atoms with Gasteiger partial charge in [0.05, 0.1) is 12.5 Å². The van der Waals surface area contributed by atoms with Crippen LogP contribution in [0.2, 0.25) is 0 Å². The van der Waals surface area contributed by atoms with E-state index in [0.29, 0.717) is 12.5 Å². The Labute approximate surface area is 91.6 Å². The van der Waals surface area contributed by atoms with Crippen molar-refractivity contribution in [2.24, 2.45) is 17.3 Å². The van der Waals surface area contributed by atoms with Gasteiger partial charge in [-0.15, -0.1) is 0 Å². The summed E-state index contributed by atoms with van der Waals surface area (Å²) in [6.45, 7) is 8.69. The Hall–Kier alpha value is -0.830. The predicted octanol–water partition coefficient (Wildman–Crippen LogP) is 1.33. The standard InChI is InChI=1S/C12H21NO2/c1-8(2)7-9-10(12(9,3)4)11(15)13-5-6-14/h7,9-10,14H,5-6H2,1-4H3,(H,13,15). The second-order valence-corrected chi connectivity index (χ2v) is 5.08. The molecule has 1 rings (SSSR count). The minimum atomic E-state index is 0.00615. The van der Waals surface area contributed by atoms with Crippen molar-refractivity contribution in [1.82, 2.24) is 5.32 Å². The number of hydrogen-bond donors (Lipinski definition) is 2. The average Bonchev–Trinajstić information content (AvgIpc) is 2.63. The largest absolute Gasteiger partial charge is 0.395 e. The van der Waals surface area contributed by atoms with E-state index in [2.05, 4.69) is 39.1 Å². The zero-order valence-electron chi connectivity index (χ0n) is 10.0. The molecule has 3 heteroatoms. The molecule has 15 heavy (non-hydrogen) atoms. The van der Waals surface area contributed by atoms with Crippen LogP contribution in [-0.4, -0.2) is 24.2 Å². The zero-order chi connectivity index (χ0) is 11.6. The first-order chi connectivity index (χ1) is 6.91. The molecule has 0 heterocycles. The summed E-state index contributed by atoms with van der Waals surface area (Å²) in [4.78, 5) is 11.7. The summed E-state index contributed by atoms with van der Waals surface area (Å²) in [6, 6.07) is 0. The van der Waals surface area contributed by atoms with Gasteiger partial charge in [0, 0.05) is 6.54 Å². The molecule has 3 nitrogen and oxygen atoms in total. The summed E-state index contributed by atoms with van der Waals surface area (Å²) in [6.07, 6.45) is 2.17. The highest BCUT2D eigenvalue weighted by molar-refractivity contribution is 5.83. The Kier molecular flexibility index (Phi) is 3.55. The first kappa shape index (κ1) is 12.2. The van der Waals surface area contributed by atoms with E-state index in [1.54, 1.807) is 0 Å². The number of carbonyl (C=O) groups is 1. The van der Waals surface area contributed by atoms with Crippen molar-refractivity contribution in [1.29, 1.82) is 0 Å². The Bertz CT molecular complexity index is 277. The number of rotatable bonds is 4. The van der Waals surface area contributed by atoms with Gasteiger partial charge in [-0.2, -0.15) is 0 Å². The second-order valence-electron chi connectivity index (χ2n) is 5.08. The van der Waals surface area contributed by atoms with Crippen LogP contribution in [0, 0.1) is 17.3 Å². The van der Waals surface area contributed by atoms with Crippen molar-refractivity contribution in [3.8, 4) is 0 Å². The van der Waals surface area contributed by atoms with E-state index in [4.69, 9.17) is 5.11 Å². The average molecular weight is 211 g/mol. The van der Waals surface area contributed by atoms with Crippen molar-refractivity contribution in [2.45, 2.75) is 27.7 Å². The van der Waals surface area contributed by atoms with E-state index in [1.807, 2.05) is 0 Å². The molecule has 0 aromatic carbocycles. The fraction of sp³-hybridized carbons (Fsp3) is 0.750. The molecule has 1 saturated carbocycles. The highest BCUT2D eigenvalue weighted by Gasteiger charge is 2.60. The highest BCUT2D eigenvalue weighted by atomic mass is 16.3. The molecular formula is C12H21NO2.